The zero-order valence-corrected chi connectivity index (χ0v) is 11.5. The second-order valence-electron chi connectivity index (χ2n) is 3.75. The van der Waals surface area contributed by atoms with Gasteiger partial charge in [-0.15, -0.1) is 0 Å². The van der Waals surface area contributed by atoms with Gasteiger partial charge in [0.2, 0.25) is 0 Å². The number of rotatable bonds is 6. The molecule has 0 saturated carbocycles. The first-order valence-electron chi connectivity index (χ1n) is 5.73. The van der Waals surface area contributed by atoms with Crippen LogP contribution in [0.1, 0.15) is 13.3 Å². The Morgan fingerprint density at radius 1 is 1.25 bits per heavy atom. The van der Waals surface area contributed by atoms with Crippen LogP contribution in [0.3, 0.4) is 0 Å². The van der Waals surface area contributed by atoms with Crippen molar-refractivity contribution in [2.24, 2.45) is 0 Å². The molecule has 0 heterocycles. The molecular formula is C12H14O7S. The Bertz CT molecular complexity index is 565. The lowest BCUT2D eigenvalue weighted by atomic mass is 10.3. The number of benzene rings is 1. The van der Waals surface area contributed by atoms with E-state index in [4.69, 9.17) is 9.29 Å². The number of para-hydroxylation sites is 1. The van der Waals surface area contributed by atoms with Crippen LogP contribution in [0, 0.1) is 0 Å². The summed E-state index contributed by atoms with van der Waals surface area (Å²) in [5.41, 5.74) is 0. The number of hydrogen-bond donors (Lipinski definition) is 1. The van der Waals surface area contributed by atoms with Gasteiger partial charge >= 0.3 is 11.9 Å². The summed E-state index contributed by atoms with van der Waals surface area (Å²) < 4.78 is 40.5. The van der Waals surface area contributed by atoms with Crippen LogP contribution in [0.15, 0.2) is 30.3 Å². The Morgan fingerprint density at radius 3 is 2.35 bits per heavy atom. The van der Waals surface area contributed by atoms with Crippen molar-refractivity contribution < 1.29 is 32.0 Å². The fraction of sp³-hybridized carbons (Fsp3) is 0.333. The van der Waals surface area contributed by atoms with Crippen molar-refractivity contribution >= 4 is 22.1 Å². The molecule has 1 N–H and O–H groups in total. The van der Waals surface area contributed by atoms with Crippen molar-refractivity contribution in [3.8, 4) is 5.75 Å². The van der Waals surface area contributed by atoms with Gasteiger partial charge in [-0.2, -0.15) is 8.42 Å². The highest BCUT2D eigenvalue weighted by Crippen LogP contribution is 2.13. The minimum absolute atomic E-state index is 0.0708. The highest BCUT2D eigenvalue weighted by Gasteiger charge is 2.35. The number of carbonyl (C=O) groups is 2. The van der Waals surface area contributed by atoms with Crippen molar-refractivity contribution in [3.63, 3.8) is 0 Å². The molecule has 1 rings (SSSR count). The minimum atomic E-state index is -4.75. The fourth-order valence-electron chi connectivity index (χ4n) is 1.36. The van der Waals surface area contributed by atoms with E-state index in [1.165, 1.54) is 19.1 Å². The second kappa shape index (κ2) is 7.01. The van der Waals surface area contributed by atoms with E-state index in [1.807, 2.05) is 0 Å². The maximum Gasteiger partial charge on any atom is 0.327 e. The third-order valence-corrected chi connectivity index (χ3v) is 3.31. The summed E-state index contributed by atoms with van der Waals surface area (Å²) in [7, 11) is -4.75. The zero-order chi connectivity index (χ0) is 15.2. The number of hydrogen-bond acceptors (Lipinski definition) is 6. The molecule has 1 unspecified atom stereocenters. The molecule has 0 radical (unpaired) electrons. The predicted octanol–water partition coefficient (Wildman–Crippen LogP) is 0.802. The first-order chi connectivity index (χ1) is 9.34. The highest BCUT2D eigenvalue weighted by molar-refractivity contribution is 7.87. The fourth-order valence-corrected chi connectivity index (χ4v) is 2.02. The van der Waals surface area contributed by atoms with E-state index < -0.39 is 33.7 Å². The van der Waals surface area contributed by atoms with Crippen LogP contribution in [0.25, 0.3) is 0 Å². The monoisotopic (exact) mass is 302 g/mol. The van der Waals surface area contributed by atoms with E-state index in [9.17, 15) is 18.0 Å². The summed E-state index contributed by atoms with van der Waals surface area (Å²) in [6, 6.07) is 7.93. The van der Waals surface area contributed by atoms with Gasteiger partial charge in [0, 0.05) is 0 Å². The Hall–Kier alpha value is -1.93. The van der Waals surface area contributed by atoms with Crippen molar-refractivity contribution in [1.82, 2.24) is 0 Å². The van der Waals surface area contributed by atoms with E-state index in [2.05, 4.69) is 4.74 Å². The quantitative estimate of drug-likeness (QED) is 0.470. The molecule has 0 aliphatic rings. The van der Waals surface area contributed by atoms with Gasteiger partial charge in [-0.05, 0) is 19.1 Å². The third kappa shape index (κ3) is 4.98. The summed E-state index contributed by atoms with van der Waals surface area (Å²) in [6.45, 7) is 1.40. The van der Waals surface area contributed by atoms with Gasteiger partial charge in [-0.25, -0.2) is 0 Å². The molecule has 0 aromatic heterocycles. The molecule has 0 saturated heterocycles. The van der Waals surface area contributed by atoms with E-state index in [-0.39, 0.29) is 12.4 Å². The molecule has 1 atom stereocenters. The van der Waals surface area contributed by atoms with Crippen LogP contribution >= 0.6 is 0 Å². The molecule has 1 aromatic carbocycles. The van der Waals surface area contributed by atoms with Gasteiger partial charge < -0.3 is 9.47 Å². The largest absolute Gasteiger partial charge is 0.465 e. The summed E-state index contributed by atoms with van der Waals surface area (Å²) in [4.78, 5) is 23.0. The second-order valence-corrected chi connectivity index (χ2v) is 5.35. The predicted molar refractivity (Wildman–Crippen MR) is 68.7 cm³/mol. The molecule has 8 heteroatoms. The van der Waals surface area contributed by atoms with Crippen molar-refractivity contribution in [2.45, 2.75) is 18.6 Å². The van der Waals surface area contributed by atoms with Gasteiger partial charge in [-0.1, -0.05) is 18.2 Å². The molecule has 0 fully saturated rings. The van der Waals surface area contributed by atoms with E-state index >= 15 is 0 Å². The summed E-state index contributed by atoms with van der Waals surface area (Å²) in [6.07, 6.45) is -0.827. The maximum absolute atomic E-state index is 11.6. The molecule has 0 amide bonds. The van der Waals surface area contributed by atoms with Gasteiger partial charge in [0.1, 0.15) is 5.75 Å². The van der Waals surface area contributed by atoms with Gasteiger partial charge in [0.05, 0.1) is 13.0 Å². The van der Waals surface area contributed by atoms with E-state index in [0.717, 1.165) is 0 Å². The Kier molecular flexibility index (Phi) is 5.66. The Morgan fingerprint density at radius 2 is 1.85 bits per heavy atom. The number of carbonyl (C=O) groups excluding carboxylic acids is 2. The Labute approximate surface area is 116 Å². The SMILES string of the molecule is CCOC(=O)C(CC(=O)Oc1ccccc1)S(=O)(=O)O. The molecule has 20 heavy (non-hydrogen) atoms. The lowest BCUT2D eigenvalue weighted by Gasteiger charge is -2.12. The molecular weight excluding hydrogens is 288 g/mol. The van der Waals surface area contributed by atoms with Crippen LogP contribution in [-0.2, 0) is 24.4 Å². The highest BCUT2D eigenvalue weighted by atomic mass is 32.2. The van der Waals surface area contributed by atoms with Crippen LogP contribution in [0.4, 0.5) is 0 Å². The van der Waals surface area contributed by atoms with Gasteiger partial charge in [-0.3, -0.25) is 14.1 Å². The van der Waals surface area contributed by atoms with Crippen molar-refractivity contribution in [1.29, 1.82) is 0 Å². The average Bonchev–Trinajstić information content (AvgIpc) is 2.36. The van der Waals surface area contributed by atoms with E-state index in [1.54, 1.807) is 18.2 Å². The van der Waals surface area contributed by atoms with Gasteiger partial charge in [0.25, 0.3) is 10.1 Å². The lowest BCUT2D eigenvalue weighted by Crippen LogP contribution is -2.35. The Balaban J connectivity index is 2.75. The molecule has 1 aromatic rings. The lowest BCUT2D eigenvalue weighted by molar-refractivity contribution is -0.146. The van der Waals surface area contributed by atoms with Crippen molar-refractivity contribution in [2.75, 3.05) is 6.61 Å². The molecule has 110 valence electrons. The summed E-state index contributed by atoms with van der Waals surface area (Å²) >= 11 is 0. The maximum atomic E-state index is 11.6. The number of ether oxygens (including phenoxy) is 2. The first-order valence-corrected chi connectivity index (χ1v) is 7.23. The molecule has 0 aliphatic carbocycles. The summed E-state index contributed by atoms with van der Waals surface area (Å²) in [5.74, 6) is -1.96. The van der Waals surface area contributed by atoms with E-state index in [0.29, 0.717) is 0 Å². The molecule has 0 bridgehead atoms. The molecule has 7 nitrogen and oxygen atoms in total. The molecule has 0 spiro atoms. The first kappa shape index (κ1) is 16.1. The van der Waals surface area contributed by atoms with Crippen LogP contribution < -0.4 is 4.74 Å². The van der Waals surface area contributed by atoms with Crippen LogP contribution in [-0.4, -0.2) is 36.8 Å². The standard InChI is InChI=1S/C12H14O7S/c1-2-18-12(14)10(20(15,16)17)8-11(13)19-9-6-4-3-5-7-9/h3-7,10H,2,8H2,1H3,(H,15,16,17). The summed E-state index contributed by atoms with van der Waals surface area (Å²) in [5, 5.41) is -1.99. The topological polar surface area (TPSA) is 107 Å². The smallest absolute Gasteiger partial charge is 0.327 e. The molecule has 0 aliphatic heterocycles. The minimum Gasteiger partial charge on any atom is -0.465 e. The van der Waals surface area contributed by atoms with Crippen LogP contribution in [0.2, 0.25) is 0 Å². The average molecular weight is 302 g/mol. The van der Waals surface area contributed by atoms with Crippen molar-refractivity contribution in [3.05, 3.63) is 30.3 Å². The third-order valence-electron chi connectivity index (χ3n) is 2.24. The zero-order valence-electron chi connectivity index (χ0n) is 10.7. The number of esters is 2. The van der Waals surface area contributed by atoms with Crippen LogP contribution in [0.5, 0.6) is 5.75 Å². The normalized spacial score (nSPS) is 12.5. The van der Waals surface area contributed by atoms with Gasteiger partial charge in [0.15, 0.2) is 5.25 Å².